The van der Waals surface area contributed by atoms with Crippen molar-refractivity contribution in [3.05, 3.63) is 35.9 Å². The van der Waals surface area contributed by atoms with Gasteiger partial charge in [0, 0.05) is 6.61 Å². The van der Waals surface area contributed by atoms with Gasteiger partial charge in [-0.2, -0.15) is 0 Å². The predicted octanol–water partition coefficient (Wildman–Crippen LogP) is 3.97. The molecule has 0 aromatic heterocycles. The standard InChI is InChI=1S/C15H22O/c1-2-8-14(9-3-1)10-4-5-11-15-12-6-7-13-16-15/h1-3,8-9,15H,4-7,10-13H2. The molecule has 1 heteroatoms. The van der Waals surface area contributed by atoms with Crippen molar-refractivity contribution in [3.8, 4) is 0 Å². The first-order chi connectivity index (χ1) is 7.95. The van der Waals surface area contributed by atoms with Gasteiger partial charge in [0.1, 0.15) is 0 Å². The third-order valence-corrected chi connectivity index (χ3v) is 3.36. The first kappa shape index (κ1) is 11.7. The molecule has 0 N–H and O–H groups in total. The van der Waals surface area contributed by atoms with Crippen molar-refractivity contribution < 1.29 is 4.74 Å². The van der Waals surface area contributed by atoms with Crippen molar-refractivity contribution in [1.82, 2.24) is 0 Å². The van der Waals surface area contributed by atoms with E-state index in [0.717, 1.165) is 6.61 Å². The molecule has 1 atom stereocenters. The van der Waals surface area contributed by atoms with Gasteiger partial charge in [0.25, 0.3) is 0 Å². The van der Waals surface area contributed by atoms with Crippen molar-refractivity contribution >= 4 is 0 Å². The number of rotatable bonds is 5. The van der Waals surface area contributed by atoms with E-state index in [1.807, 2.05) is 0 Å². The summed E-state index contributed by atoms with van der Waals surface area (Å²) in [6.45, 7) is 0.989. The lowest BCUT2D eigenvalue weighted by Gasteiger charge is -2.22. The second kappa shape index (κ2) is 6.70. The highest BCUT2D eigenvalue weighted by molar-refractivity contribution is 5.14. The van der Waals surface area contributed by atoms with Crippen LogP contribution in [-0.2, 0) is 11.2 Å². The molecule has 1 nitrogen and oxygen atoms in total. The van der Waals surface area contributed by atoms with E-state index in [1.54, 1.807) is 0 Å². The highest BCUT2D eigenvalue weighted by Crippen LogP contribution is 2.18. The Bertz CT molecular complexity index is 275. The molecule has 88 valence electrons. The Hall–Kier alpha value is -0.820. The number of unbranched alkanes of at least 4 members (excludes halogenated alkanes) is 1. The summed E-state index contributed by atoms with van der Waals surface area (Å²) in [7, 11) is 0. The summed E-state index contributed by atoms with van der Waals surface area (Å²) in [5.74, 6) is 0. The molecule has 1 fully saturated rings. The second-order valence-corrected chi connectivity index (χ2v) is 4.72. The minimum absolute atomic E-state index is 0.560. The molecule has 0 amide bonds. The van der Waals surface area contributed by atoms with Crippen LogP contribution in [-0.4, -0.2) is 12.7 Å². The number of ether oxygens (including phenoxy) is 1. The van der Waals surface area contributed by atoms with Gasteiger partial charge in [-0.15, -0.1) is 0 Å². The molecule has 1 heterocycles. The van der Waals surface area contributed by atoms with E-state index in [4.69, 9.17) is 4.74 Å². The molecule has 1 unspecified atom stereocenters. The average Bonchev–Trinajstić information content (AvgIpc) is 2.37. The van der Waals surface area contributed by atoms with Crippen LogP contribution in [0.4, 0.5) is 0 Å². The van der Waals surface area contributed by atoms with Gasteiger partial charge >= 0.3 is 0 Å². The van der Waals surface area contributed by atoms with E-state index in [2.05, 4.69) is 30.3 Å². The van der Waals surface area contributed by atoms with Crippen LogP contribution in [0.1, 0.15) is 44.1 Å². The number of aryl methyl sites for hydroxylation is 1. The van der Waals surface area contributed by atoms with E-state index in [-0.39, 0.29) is 0 Å². The van der Waals surface area contributed by atoms with Crippen LogP contribution in [0.25, 0.3) is 0 Å². The molecular weight excluding hydrogens is 196 g/mol. The molecule has 0 saturated carbocycles. The lowest BCUT2D eigenvalue weighted by Crippen LogP contribution is -2.18. The zero-order chi connectivity index (χ0) is 11.1. The van der Waals surface area contributed by atoms with Gasteiger partial charge < -0.3 is 4.74 Å². The molecule has 0 spiro atoms. The van der Waals surface area contributed by atoms with Gasteiger partial charge in [0.2, 0.25) is 0 Å². The van der Waals surface area contributed by atoms with Crippen molar-refractivity contribution in [2.45, 2.75) is 51.0 Å². The van der Waals surface area contributed by atoms with Crippen molar-refractivity contribution in [1.29, 1.82) is 0 Å². The van der Waals surface area contributed by atoms with Crippen molar-refractivity contribution in [2.24, 2.45) is 0 Å². The Morgan fingerprint density at radius 2 is 1.94 bits per heavy atom. The SMILES string of the molecule is c1ccc(CCCCC2CCCCO2)cc1. The summed E-state index contributed by atoms with van der Waals surface area (Å²) in [5.41, 5.74) is 1.46. The Labute approximate surface area is 98.8 Å². The molecule has 0 bridgehead atoms. The quantitative estimate of drug-likeness (QED) is 0.679. The zero-order valence-corrected chi connectivity index (χ0v) is 10.0. The Morgan fingerprint density at radius 3 is 2.69 bits per heavy atom. The fourth-order valence-corrected chi connectivity index (χ4v) is 2.38. The molecule has 1 aliphatic rings. The maximum absolute atomic E-state index is 5.73. The summed E-state index contributed by atoms with van der Waals surface area (Å²) < 4.78 is 5.73. The molecule has 1 aromatic rings. The molecule has 1 aliphatic heterocycles. The molecule has 1 aromatic carbocycles. The van der Waals surface area contributed by atoms with Crippen LogP contribution in [0.2, 0.25) is 0 Å². The van der Waals surface area contributed by atoms with Gasteiger partial charge in [0.05, 0.1) is 6.10 Å². The largest absolute Gasteiger partial charge is 0.378 e. The number of hydrogen-bond donors (Lipinski definition) is 0. The highest BCUT2D eigenvalue weighted by atomic mass is 16.5. The minimum atomic E-state index is 0.560. The zero-order valence-electron chi connectivity index (χ0n) is 10.0. The molecule has 0 radical (unpaired) electrons. The third kappa shape index (κ3) is 3.97. The van der Waals surface area contributed by atoms with Crippen LogP contribution in [0.15, 0.2) is 30.3 Å². The Balaban J connectivity index is 1.58. The van der Waals surface area contributed by atoms with Crippen LogP contribution in [0, 0.1) is 0 Å². The predicted molar refractivity (Wildman–Crippen MR) is 67.6 cm³/mol. The monoisotopic (exact) mass is 218 g/mol. The van der Waals surface area contributed by atoms with E-state index in [0.29, 0.717) is 6.10 Å². The van der Waals surface area contributed by atoms with Gasteiger partial charge in [-0.05, 0) is 44.1 Å². The fraction of sp³-hybridized carbons (Fsp3) is 0.600. The van der Waals surface area contributed by atoms with Crippen molar-refractivity contribution in [3.63, 3.8) is 0 Å². The topological polar surface area (TPSA) is 9.23 Å². The highest BCUT2D eigenvalue weighted by Gasteiger charge is 2.12. The number of benzene rings is 1. The Kier molecular flexibility index (Phi) is 4.88. The smallest absolute Gasteiger partial charge is 0.0575 e. The normalized spacial score (nSPS) is 20.9. The van der Waals surface area contributed by atoms with Crippen molar-refractivity contribution in [2.75, 3.05) is 6.61 Å². The second-order valence-electron chi connectivity index (χ2n) is 4.72. The third-order valence-electron chi connectivity index (χ3n) is 3.36. The van der Waals surface area contributed by atoms with E-state index in [9.17, 15) is 0 Å². The summed E-state index contributed by atoms with van der Waals surface area (Å²) in [4.78, 5) is 0. The maximum atomic E-state index is 5.73. The van der Waals surface area contributed by atoms with E-state index >= 15 is 0 Å². The van der Waals surface area contributed by atoms with E-state index in [1.165, 1.54) is 50.5 Å². The minimum Gasteiger partial charge on any atom is -0.378 e. The summed E-state index contributed by atoms with van der Waals surface area (Å²) >= 11 is 0. The summed E-state index contributed by atoms with van der Waals surface area (Å²) in [6, 6.07) is 10.8. The lowest BCUT2D eigenvalue weighted by atomic mass is 10.0. The summed E-state index contributed by atoms with van der Waals surface area (Å²) in [6.07, 6.45) is 9.54. The fourth-order valence-electron chi connectivity index (χ4n) is 2.38. The van der Waals surface area contributed by atoms with Gasteiger partial charge in [-0.25, -0.2) is 0 Å². The van der Waals surface area contributed by atoms with E-state index < -0.39 is 0 Å². The first-order valence-corrected chi connectivity index (χ1v) is 6.61. The number of hydrogen-bond acceptors (Lipinski definition) is 1. The molecule has 1 saturated heterocycles. The average molecular weight is 218 g/mol. The molecule has 2 rings (SSSR count). The lowest BCUT2D eigenvalue weighted by molar-refractivity contribution is 0.00987. The van der Waals surface area contributed by atoms with Crippen LogP contribution >= 0.6 is 0 Å². The first-order valence-electron chi connectivity index (χ1n) is 6.61. The van der Waals surface area contributed by atoms with Gasteiger partial charge in [0.15, 0.2) is 0 Å². The van der Waals surface area contributed by atoms with Crippen LogP contribution in [0.3, 0.4) is 0 Å². The maximum Gasteiger partial charge on any atom is 0.0575 e. The van der Waals surface area contributed by atoms with Gasteiger partial charge in [-0.1, -0.05) is 36.8 Å². The Morgan fingerprint density at radius 1 is 1.06 bits per heavy atom. The molecule has 0 aliphatic carbocycles. The van der Waals surface area contributed by atoms with Crippen LogP contribution in [0.5, 0.6) is 0 Å². The molecular formula is C15H22O. The molecule has 16 heavy (non-hydrogen) atoms. The summed E-state index contributed by atoms with van der Waals surface area (Å²) in [5, 5.41) is 0. The van der Waals surface area contributed by atoms with Crippen LogP contribution < -0.4 is 0 Å². The van der Waals surface area contributed by atoms with Gasteiger partial charge in [-0.3, -0.25) is 0 Å².